The van der Waals surface area contributed by atoms with Gasteiger partial charge in [-0.1, -0.05) is 58.1 Å². The number of rotatable bonds is 5. The van der Waals surface area contributed by atoms with Gasteiger partial charge in [0.1, 0.15) is 12.4 Å². The number of hydrogen-bond donors (Lipinski definition) is 0. The Bertz CT molecular complexity index is 484. The van der Waals surface area contributed by atoms with E-state index in [1.54, 1.807) is 6.08 Å². The summed E-state index contributed by atoms with van der Waals surface area (Å²) in [5.74, 6) is 0.919. The van der Waals surface area contributed by atoms with E-state index in [-0.39, 0.29) is 5.41 Å². The van der Waals surface area contributed by atoms with Crippen molar-refractivity contribution < 1.29 is 4.74 Å². The zero-order valence-corrected chi connectivity index (χ0v) is 15.5. The van der Waals surface area contributed by atoms with Crippen LogP contribution in [0.25, 0.3) is 0 Å². The molecular formula is C16H24Cl2OSi. The van der Waals surface area contributed by atoms with Gasteiger partial charge < -0.3 is 4.74 Å². The molecule has 0 saturated heterocycles. The van der Waals surface area contributed by atoms with Gasteiger partial charge in [-0.3, -0.25) is 0 Å². The number of benzene rings is 1. The Morgan fingerprint density at radius 3 is 2.35 bits per heavy atom. The van der Waals surface area contributed by atoms with Crippen LogP contribution in [0.15, 0.2) is 24.8 Å². The van der Waals surface area contributed by atoms with E-state index in [9.17, 15) is 0 Å². The Labute approximate surface area is 133 Å². The van der Waals surface area contributed by atoms with Crippen LogP contribution >= 0.6 is 22.7 Å². The molecule has 1 aromatic rings. The molecule has 0 saturated carbocycles. The summed E-state index contributed by atoms with van der Waals surface area (Å²) in [6, 6.07) is 4.81. The molecule has 0 aliphatic carbocycles. The normalized spacial score (nSPS) is 12.3. The molecule has 0 aliphatic heterocycles. The Kier molecular flexibility index (Phi) is 5.76. The number of ether oxygens (including phenoxy) is 1. The minimum absolute atomic E-state index is 0.0336. The number of halogens is 2. The van der Waals surface area contributed by atoms with E-state index in [1.165, 1.54) is 0 Å². The SMILES string of the molecule is C=CCOc1c(C[Si](C)(C)Cl)cc(Cl)cc1C(C)(C)C. The molecule has 0 amide bonds. The van der Waals surface area contributed by atoms with Crippen LogP contribution in [0.5, 0.6) is 5.75 Å². The minimum atomic E-state index is -1.77. The highest BCUT2D eigenvalue weighted by molar-refractivity contribution is 7.18. The fraction of sp³-hybridized carbons (Fsp3) is 0.500. The zero-order chi connectivity index (χ0) is 15.6. The van der Waals surface area contributed by atoms with Crippen molar-refractivity contribution in [2.24, 2.45) is 0 Å². The second-order valence-electron chi connectivity index (χ2n) is 6.69. The molecule has 0 aliphatic rings. The van der Waals surface area contributed by atoms with Gasteiger partial charge in [0.15, 0.2) is 7.38 Å². The fourth-order valence-electron chi connectivity index (χ4n) is 2.10. The minimum Gasteiger partial charge on any atom is -0.489 e. The van der Waals surface area contributed by atoms with Crippen LogP contribution in [-0.4, -0.2) is 14.0 Å². The first-order valence-corrected chi connectivity index (χ1v) is 11.4. The largest absolute Gasteiger partial charge is 0.489 e. The molecular weight excluding hydrogens is 307 g/mol. The van der Waals surface area contributed by atoms with E-state index in [0.717, 1.165) is 27.9 Å². The molecule has 4 heteroatoms. The van der Waals surface area contributed by atoms with Crippen molar-refractivity contribution in [1.29, 1.82) is 0 Å². The molecule has 1 rings (SSSR count). The van der Waals surface area contributed by atoms with Gasteiger partial charge in [0.05, 0.1) is 0 Å². The third-order valence-electron chi connectivity index (χ3n) is 2.89. The van der Waals surface area contributed by atoms with Crippen molar-refractivity contribution in [2.45, 2.75) is 45.3 Å². The molecule has 0 spiro atoms. The van der Waals surface area contributed by atoms with Gasteiger partial charge in [-0.25, -0.2) is 0 Å². The quantitative estimate of drug-likeness (QED) is 0.380. The third-order valence-corrected chi connectivity index (χ3v) is 4.74. The molecule has 0 N–H and O–H groups in total. The van der Waals surface area contributed by atoms with Gasteiger partial charge in [-0.2, -0.15) is 11.1 Å². The highest BCUT2D eigenvalue weighted by Gasteiger charge is 2.26. The lowest BCUT2D eigenvalue weighted by molar-refractivity contribution is 0.348. The molecule has 0 radical (unpaired) electrons. The maximum atomic E-state index is 6.51. The summed E-state index contributed by atoms with van der Waals surface area (Å²) < 4.78 is 5.93. The molecule has 1 aromatic carbocycles. The van der Waals surface area contributed by atoms with E-state index in [0.29, 0.717) is 6.61 Å². The summed E-state index contributed by atoms with van der Waals surface area (Å²) in [6.07, 6.45) is 1.76. The average molecular weight is 331 g/mol. The van der Waals surface area contributed by atoms with Crippen LogP contribution in [0, 0.1) is 0 Å². The van der Waals surface area contributed by atoms with Gasteiger partial charge in [0.25, 0.3) is 0 Å². The highest BCUT2D eigenvalue weighted by atomic mass is 35.6. The first-order valence-electron chi connectivity index (χ1n) is 6.80. The van der Waals surface area contributed by atoms with Crippen LogP contribution in [-0.2, 0) is 11.5 Å². The summed E-state index contributed by atoms with van der Waals surface area (Å²) in [4.78, 5) is 0. The van der Waals surface area contributed by atoms with Gasteiger partial charge in [-0.05, 0) is 29.2 Å². The number of hydrogen-bond acceptors (Lipinski definition) is 1. The summed E-state index contributed by atoms with van der Waals surface area (Å²) in [5, 5.41) is 0.741. The summed E-state index contributed by atoms with van der Waals surface area (Å²) in [5.41, 5.74) is 2.20. The van der Waals surface area contributed by atoms with Gasteiger partial charge in [-0.15, -0.1) is 0 Å². The van der Waals surface area contributed by atoms with Gasteiger partial charge in [0, 0.05) is 10.6 Å². The molecule has 1 nitrogen and oxygen atoms in total. The lowest BCUT2D eigenvalue weighted by Gasteiger charge is -2.26. The third kappa shape index (κ3) is 5.15. The molecule has 112 valence electrons. The summed E-state index contributed by atoms with van der Waals surface area (Å²) in [7, 11) is -1.77. The second kappa shape index (κ2) is 6.55. The zero-order valence-electron chi connectivity index (χ0n) is 13.0. The van der Waals surface area contributed by atoms with Crippen molar-refractivity contribution in [3.05, 3.63) is 40.9 Å². The molecule has 0 heterocycles. The van der Waals surface area contributed by atoms with E-state index in [2.05, 4.69) is 40.4 Å². The van der Waals surface area contributed by atoms with Gasteiger partial charge in [0.2, 0.25) is 0 Å². The first-order chi connectivity index (χ1) is 9.04. The van der Waals surface area contributed by atoms with Crippen LogP contribution in [0.1, 0.15) is 31.9 Å². The second-order valence-corrected chi connectivity index (χ2v) is 14.0. The van der Waals surface area contributed by atoms with Crippen molar-refractivity contribution in [3.63, 3.8) is 0 Å². The predicted octanol–water partition coefficient (Wildman–Crippen LogP) is 5.73. The molecule has 0 unspecified atom stereocenters. The average Bonchev–Trinajstić information content (AvgIpc) is 2.23. The smallest absolute Gasteiger partial charge is 0.154 e. The summed E-state index contributed by atoms with van der Waals surface area (Å²) >= 11 is 12.8. The molecule has 0 aromatic heterocycles. The Hall–Kier alpha value is -0.443. The highest BCUT2D eigenvalue weighted by Crippen LogP contribution is 2.38. The van der Waals surface area contributed by atoms with Crippen molar-refractivity contribution >= 4 is 30.1 Å². The Balaban J connectivity index is 3.39. The van der Waals surface area contributed by atoms with E-state index < -0.39 is 7.38 Å². The summed E-state index contributed by atoms with van der Waals surface area (Å²) in [6.45, 7) is 14.9. The predicted molar refractivity (Wildman–Crippen MR) is 92.9 cm³/mol. The Morgan fingerprint density at radius 2 is 1.90 bits per heavy atom. The Morgan fingerprint density at radius 1 is 1.30 bits per heavy atom. The lowest BCUT2D eigenvalue weighted by Crippen LogP contribution is -2.23. The van der Waals surface area contributed by atoms with E-state index in [4.69, 9.17) is 27.4 Å². The molecule has 0 bridgehead atoms. The van der Waals surface area contributed by atoms with Gasteiger partial charge >= 0.3 is 0 Å². The molecule has 0 atom stereocenters. The standard InChI is InChI=1S/C16H24Cl2OSi/c1-7-8-19-15-12(11-20(5,6)18)9-13(17)10-14(15)16(2,3)4/h7,9-10H,1,8,11H2,2-6H3. The monoisotopic (exact) mass is 330 g/mol. The van der Waals surface area contributed by atoms with Crippen LogP contribution in [0.3, 0.4) is 0 Å². The lowest BCUT2D eigenvalue weighted by atomic mass is 9.85. The van der Waals surface area contributed by atoms with Crippen LogP contribution in [0.4, 0.5) is 0 Å². The van der Waals surface area contributed by atoms with Crippen LogP contribution in [0.2, 0.25) is 18.1 Å². The topological polar surface area (TPSA) is 9.23 Å². The van der Waals surface area contributed by atoms with Crippen molar-refractivity contribution in [3.8, 4) is 5.75 Å². The van der Waals surface area contributed by atoms with E-state index >= 15 is 0 Å². The maximum Gasteiger partial charge on any atom is 0.154 e. The maximum absolute atomic E-state index is 6.51. The fourth-order valence-corrected chi connectivity index (χ4v) is 3.95. The molecule has 0 fully saturated rings. The van der Waals surface area contributed by atoms with Crippen LogP contribution < -0.4 is 4.74 Å². The van der Waals surface area contributed by atoms with E-state index in [1.807, 2.05) is 12.1 Å². The van der Waals surface area contributed by atoms with Crippen molar-refractivity contribution in [2.75, 3.05) is 6.61 Å². The van der Waals surface area contributed by atoms with Crippen molar-refractivity contribution in [1.82, 2.24) is 0 Å². The molecule has 20 heavy (non-hydrogen) atoms. The first kappa shape index (κ1) is 17.6.